The van der Waals surface area contributed by atoms with Crippen molar-refractivity contribution in [2.24, 2.45) is 5.41 Å². The van der Waals surface area contributed by atoms with Gasteiger partial charge in [0.25, 0.3) is 5.91 Å². The summed E-state index contributed by atoms with van der Waals surface area (Å²) in [5, 5.41) is 17.4. The minimum atomic E-state index is -1.29. The van der Waals surface area contributed by atoms with Crippen LogP contribution in [-0.4, -0.2) is 77.6 Å². The van der Waals surface area contributed by atoms with E-state index in [1.807, 2.05) is 41.3 Å². The average Bonchev–Trinajstić information content (AvgIpc) is 3.66. The molecule has 2 unspecified atom stereocenters. The van der Waals surface area contributed by atoms with Gasteiger partial charge in [-0.3, -0.25) is 19.7 Å². The maximum atomic E-state index is 13.3. The monoisotopic (exact) mass is 577 g/mol. The Morgan fingerprint density at radius 1 is 1.12 bits per heavy atom. The summed E-state index contributed by atoms with van der Waals surface area (Å²) in [5.74, 6) is -0.536. The fourth-order valence-electron chi connectivity index (χ4n) is 7.16. The average molecular weight is 577 g/mol. The Bertz CT molecular complexity index is 1560. The highest BCUT2D eigenvalue weighted by atomic mass is 16.5. The number of aromatic nitrogens is 2. The molecule has 6 rings (SSSR count). The van der Waals surface area contributed by atoms with Crippen molar-refractivity contribution in [1.29, 1.82) is 0 Å². The molecule has 2 fully saturated rings. The molecule has 2 saturated heterocycles. The smallest absolute Gasteiger partial charge is 0.255 e. The predicted molar refractivity (Wildman–Crippen MR) is 159 cm³/mol. The summed E-state index contributed by atoms with van der Waals surface area (Å²) in [6.07, 6.45) is 3.49. The van der Waals surface area contributed by atoms with Crippen LogP contribution in [0.5, 0.6) is 0 Å². The predicted octanol–water partition coefficient (Wildman–Crippen LogP) is 2.34. The Labute approximate surface area is 253 Å². The SMILES string of the molecule is [B]C([B])(c1ccc(-c2ncon2)cc1)N1CCC(O)(c2ccc3c(c2)CN(C2CCC(=O)NC2=O)C3=O)C(CC)(CC)C1. The van der Waals surface area contributed by atoms with E-state index in [2.05, 4.69) is 29.3 Å². The molecular formula is C31H33B2N5O5. The van der Waals surface area contributed by atoms with Crippen molar-refractivity contribution in [3.05, 3.63) is 71.1 Å². The van der Waals surface area contributed by atoms with Gasteiger partial charge in [0.2, 0.25) is 24.0 Å². The summed E-state index contributed by atoms with van der Waals surface area (Å²) < 4.78 is 4.85. The molecule has 3 aliphatic rings. The second-order valence-corrected chi connectivity index (χ2v) is 11.9. The van der Waals surface area contributed by atoms with Crippen LogP contribution >= 0.6 is 0 Å². The number of rotatable bonds is 7. The Kier molecular flexibility index (Phi) is 7.33. The second kappa shape index (κ2) is 10.7. The van der Waals surface area contributed by atoms with Crippen molar-refractivity contribution in [3.8, 4) is 11.4 Å². The molecule has 0 aliphatic carbocycles. The number of nitrogens with one attached hydrogen (secondary N) is 1. The molecule has 43 heavy (non-hydrogen) atoms. The molecule has 4 radical (unpaired) electrons. The molecule has 3 amide bonds. The number of piperidine rings is 2. The van der Waals surface area contributed by atoms with Gasteiger partial charge in [0.1, 0.15) is 6.04 Å². The molecule has 0 saturated carbocycles. The molecular weight excluding hydrogens is 544 g/mol. The van der Waals surface area contributed by atoms with E-state index in [1.165, 1.54) is 11.3 Å². The van der Waals surface area contributed by atoms with Crippen LogP contribution in [0.25, 0.3) is 11.4 Å². The minimum absolute atomic E-state index is 0.195. The highest BCUT2D eigenvalue weighted by Gasteiger charge is 2.54. The van der Waals surface area contributed by atoms with Gasteiger partial charge in [0.15, 0.2) is 0 Å². The normalized spacial score (nSPS) is 24.2. The zero-order chi connectivity index (χ0) is 30.6. The van der Waals surface area contributed by atoms with E-state index in [0.29, 0.717) is 50.2 Å². The molecule has 3 aliphatic heterocycles. The van der Waals surface area contributed by atoms with Crippen LogP contribution in [0.15, 0.2) is 53.4 Å². The van der Waals surface area contributed by atoms with Crippen molar-refractivity contribution in [2.45, 2.75) is 69.5 Å². The highest BCUT2D eigenvalue weighted by molar-refractivity contribution is 6.39. The summed E-state index contributed by atoms with van der Waals surface area (Å²) in [6, 6.07) is 12.2. The number of aliphatic hydroxyl groups is 1. The lowest BCUT2D eigenvalue weighted by molar-refractivity contribution is -0.152. The Morgan fingerprint density at radius 2 is 1.86 bits per heavy atom. The van der Waals surface area contributed by atoms with Crippen molar-refractivity contribution in [2.75, 3.05) is 13.1 Å². The number of amides is 3. The molecule has 4 heterocycles. The number of benzene rings is 2. The topological polar surface area (TPSA) is 129 Å². The number of hydrogen-bond donors (Lipinski definition) is 2. The Morgan fingerprint density at radius 3 is 2.51 bits per heavy atom. The summed E-state index contributed by atoms with van der Waals surface area (Å²) >= 11 is 0. The van der Waals surface area contributed by atoms with E-state index in [4.69, 9.17) is 20.2 Å². The zero-order valence-electron chi connectivity index (χ0n) is 24.4. The third-order valence-electron chi connectivity index (χ3n) is 9.96. The molecule has 10 nitrogen and oxygen atoms in total. The third kappa shape index (κ3) is 4.71. The van der Waals surface area contributed by atoms with Crippen molar-refractivity contribution in [1.82, 2.24) is 25.3 Å². The van der Waals surface area contributed by atoms with E-state index >= 15 is 0 Å². The van der Waals surface area contributed by atoms with E-state index in [1.54, 1.807) is 6.07 Å². The Hall–Kier alpha value is -3.76. The second-order valence-electron chi connectivity index (χ2n) is 11.9. The molecule has 2 N–H and O–H groups in total. The van der Waals surface area contributed by atoms with Gasteiger partial charge in [-0.05, 0) is 53.8 Å². The number of imide groups is 1. The summed E-state index contributed by atoms with van der Waals surface area (Å²) in [4.78, 5) is 45.0. The highest BCUT2D eigenvalue weighted by Crippen LogP contribution is 2.52. The van der Waals surface area contributed by atoms with Crippen LogP contribution in [0.2, 0.25) is 0 Å². The van der Waals surface area contributed by atoms with Gasteiger partial charge in [-0.15, -0.1) is 0 Å². The van der Waals surface area contributed by atoms with Gasteiger partial charge in [0.05, 0.1) is 21.3 Å². The third-order valence-corrected chi connectivity index (χ3v) is 9.96. The van der Waals surface area contributed by atoms with Crippen LogP contribution in [-0.2, 0) is 27.1 Å². The maximum Gasteiger partial charge on any atom is 0.255 e. The maximum absolute atomic E-state index is 13.3. The van der Waals surface area contributed by atoms with E-state index in [-0.39, 0.29) is 24.8 Å². The van der Waals surface area contributed by atoms with E-state index in [9.17, 15) is 19.5 Å². The molecule has 2 atom stereocenters. The van der Waals surface area contributed by atoms with Gasteiger partial charge in [0, 0.05) is 42.6 Å². The lowest BCUT2D eigenvalue weighted by Gasteiger charge is -2.57. The van der Waals surface area contributed by atoms with Crippen LogP contribution in [0.3, 0.4) is 0 Å². The standard InChI is InChI=1S/C31H33B2N5O5/c1-3-29(4-2)17-37(31(32,33)21-7-5-19(6-8-21)26-34-18-43-36-26)14-13-30(29,42)22-9-10-23-20(15-22)16-38(28(23)41)24-11-12-25(39)35-27(24)40/h5-10,15,18,24,42H,3-4,11-14,16-17H2,1-2H3,(H,35,39,40). The molecule has 0 spiro atoms. The van der Waals surface area contributed by atoms with Gasteiger partial charge in [-0.2, -0.15) is 4.98 Å². The lowest BCUT2D eigenvalue weighted by Crippen LogP contribution is -2.62. The van der Waals surface area contributed by atoms with Gasteiger partial charge < -0.3 is 19.4 Å². The van der Waals surface area contributed by atoms with Gasteiger partial charge in [-0.25, -0.2) is 0 Å². The van der Waals surface area contributed by atoms with Crippen molar-refractivity contribution < 1.29 is 24.0 Å². The summed E-state index contributed by atoms with van der Waals surface area (Å²) in [6.45, 7) is 5.27. The molecule has 3 aromatic rings. The first kappa shape index (κ1) is 29.3. The van der Waals surface area contributed by atoms with E-state index in [0.717, 1.165) is 22.3 Å². The number of hydrogen-bond acceptors (Lipinski definition) is 8. The molecule has 218 valence electrons. The largest absolute Gasteiger partial charge is 0.384 e. The van der Waals surface area contributed by atoms with Crippen LogP contribution in [0.1, 0.15) is 73.0 Å². The number of nitrogens with zero attached hydrogens (tertiary/aromatic N) is 4. The first-order valence-electron chi connectivity index (χ1n) is 14.7. The number of fused-ring (bicyclic) bond motifs is 1. The Balaban J connectivity index is 1.26. The van der Waals surface area contributed by atoms with Crippen LogP contribution in [0, 0.1) is 5.41 Å². The quantitative estimate of drug-likeness (QED) is 0.324. The zero-order valence-corrected chi connectivity index (χ0v) is 24.4. The number of carbonyl (C=O) groups is 3. The molecule has 12 heteroatoms. The summed E-state index contributed by atoms with van der Waals surface area (Å²) in [7, 11) is 13.6. The first-order valence-corrected chi connectivity index (χ1v) is 14.7. The van der Waals surface area contributed by atoms with Gasteiger partial charge in [-0.1, -0.05) is 55.4 Å². The number of carbonyl (C=O) groups excluding carboxylic acids is 3. The number of likely N-dealkylation sites (tertiary alicyclic amines) is 1. The van der Waals surface area contributed by atoms with Crippen molar-refractivity contribution in [3.63, 3.8) is 0 Å². The van der Waals surface area contributed by atoms with E-state index < -0.39 is 28.3 Å². The summed E-state index contributed by atoms with van der Waals surface area (Å²) in [5.41, 5.74) is 1.72. The van der Waals surface area contributed by atoms with Gasteiger partial charge >= 0.3 is 0 Å². The fraction of sp³-hybridized carbons (Fsp3) is 0.452. The molecule has 1 aromatic heterocycles. The van der Waals surface area contributed by atoms with Crippen LogP contribution in [0.4, 0.5) is 0 Å². The minimum Gasteiger partial charge on any atom is -0.384 e. The van der Waals surface area contributed by atoms with Crippen molar-refractivity contribution >= 4 is 33.4 Å². The lowest BCUT2D eigenvalue weighted by atomic mass is 9.53. The van der Waals surface area contributed by atoms with Crippen LogP contribution < -0.4 is 5.32 Å². The molecule has 0 bridgehead atoms. The fourth-order valence-corrected chi connectivity index (χ4v) is 7.16. The molecule has 2 aromatic carbocycles. The first-order chi connectivity index (χ1) is 20.5.